The van der Waals surface area contributed by atoms with Crippen molar-refractivity contribution in [1.29, 1.82) is 0 Å². The third-order valence-corrected chi connectivity index (χ3v) is 2.75. The molecule has 0 saturated heterocycles. The zero-order chi connectivity index (χ0) is 14.5. The molecule has 0 aromatic heterocycles. The third-order valence-electron chi connectivity index (χ3n) is 2.75. The Kier molecular flexibility index (Phi) is 5.14. The largest absolute Gasteiger partial charge is 0.349 e. The van der Waals surface area contributed by atoms with Crippen LogP contribution < -0.4 is 11.1 Å². The van der Waals surface area contributed by atoms with Crippen LogP contribution in [0, 0.1) is 17.3 Å². The summed E-state index contributed by atoms with van der Waals surface area (Å²) in [5.41, 5.74) is 6.93. The summed E-state index contributed by atoms with van der Waals surface area (Å²) in [6.45, 7) is 8.02. The summed E-state index contributed by atoms with van der Waals surface area (Å²) in [6.07, 6.45) is 0. The van der Waals surface area contributed by atoms with Gasteiger partial charge in [0.1, 0.15) is 0 Å². The van der Waals surface area contributed by atoms with E-state index >= 15 is 0 Å². The van der Waals surface area contributed by atoms with Crippen molar-refractivity contribution in [1.82, 2.24) is 5.32 Å². The molecule has 0 bridgehead atoms. The number of amides is 1. The molecular formula is C16H22N2O. The highest BCUT2D eigenvalue weighted by Crippen LogP contribution is 2.18. The number of rotatable bonds is 2. The molecule has 0 aliphatic carbocycles. The van der Waals surface area contributed by atoms with Gasteiger partial charge in [-0.15, -0.1) is 0 Å². The SMILES string of the molecule is CC(NC(=O)C(C)(C)C)c1cccc(C#CCN)c1. The quantitative estimate of drug-likeness (QED) is 0.799. The molecule has 1 amide bonds. The van der Waals surface area contributed by atoms with Gasteiger partial charge in [0, 0.05) is 11.0 Å². The number of benzene rings is 1. The van der Waals surface area contributed by atoms with Crippen LogP contribution >= 0.6 is 0 Å². The summed E-state index contributed by atoms with van der Waals surface area (Å²) < 4.78 is 0. The highest BCUT2D eigenvalue weighted by Gasteiger charge is 2.22. The van der Waals surface area contributed by atoms with Gasteiger partial charge in [-0.3, -0.25) is 4.79 Å². The molecule has 3 heteroatoms. The van der Waals surface area contributed by atoms with Crippen molar-refractivity contribution < 1.29 is 4.79 Å². The second-order valence-electron chi connectivity index (χ2n) is 5.58. The summed E-state index contributed by atoms with van der Waals surface area (Å²) in [5.74, 6) is 5.86. The van der Waals surface area contributed by atoms with Gasteiger partial charge in [0.2, 0.25) is 5.91 Å². The Morgan fingerprint density at radius 2 is 2.11 bits per heavy atom. The Labute approximate surface area is 115 Å². The first-order chi connectivity index (χ1) is 8.84. The number of nitrogens with two attached hydrogens (primary N) is 1. The van der Waals surface area contributed by atoms with Crippen molar-refractivity contribution in [3.05, 3.63) is 35.4 Å². The zero-order valence-corrected chi connectivity index (χ0v) is 12.1. The lowest BCUT2D eigenvalue weighted by Gasteiger charge is -2.22. The minimum Gasteiger partial charge on any atom is -0.349 e. The van der Waals surface area contributed by atoms with Gasteiger partial charge < -0.3 is 11.1 Å². The first-order valence-corrected chi connectivity index (χ1v) is 6.44. The molecule has 0 heterocycles. The molecular weight excluding hydrogens is 236 g/mol. The summed E-state index contributed by atoms with van der Waals surface area (Å²) >= 11 is 0. The van der Waals surface area contributed by atoms with Crippen molar-refractivity contribution in [2.45, 2.75) is 33.7 Å². The number of carbonyl (C=O) groups is 1. The summed E-state index contributed by atoms with van der Waals surface area (Å²) in [7, 11) is 0. The fourth-order valence-electron chi connectivity index (χ4n) is 1.54. The molecule has 19 heavy (non-hydrogen) atoms. The summed E-state index contributed by atoms with van der Waals surface area (Å²) in [5, 5.41) is 3.01. The smallest absolute Gasteiger partial charge is 0.225 e. The second-order valence-corrected chi connectivity index (χ2v) is 5.58. The maximum absolute atomic E-state index is 11.9. The molecule has 1 aromatic rings. The van der Waals surface area contributed by atoms with E-state index in [-0.39, 0.29) is 17.4 Å². The van der Waals surface area contributed by atoms with Gasteiger partial charge in [-0.05, 0) is 24.6 Å². The minimum absolute atomic E-state index is 0.0358. The monoisotopic (exact) mass is 258 g/mol. The molecule has 0 aliphatic rings. The molecule has 1 rings (SSSR count). The fourth-order valence-corrected chi connectivity index (χ4v) is 1.54. The van der Waals surface area contributed by atoms with Crippen molar-refractivity contribution in [3.63, 3.8) is 0 Å². The van der Waals surface area contributed by atoms with Gasteiger partial charge in [0.05, 0.1) is 12.6 Å². The van der Waals surface area contributed by atoms with Gasteiger partial charge in [0.15, 0.2) is 0 Å². The molecule has 3 nitrogen and oxygen atoms in total. The molecule has 0 fully saturated rings. The molecule has 102 valence electrons. The standard InChI is InChI=1S/C16H22N2O/c1-12(18-15(19)16(2,3)4)14-9-5-7-13(11-14)8-6-10-17/h5,7,9,11-12H,10,17H2,1-4H3,(H,18,19). The average molecular weight is 258 g/mol. The van der Waals surface area contributed by atoms with Crippen molar-refractivity contribution in [3.8, 4) is 11.8 Å². The van der Waals surface area contributed by atoms with Crippen LogP contribution in [-0.2, 0) is 4.79 Å². The maximum atomic E-state index is 11.9. The Hall–Kier alpha value is -1.79. The second kappa shape index (κ2) is 6.40. The van der Waals surface area contributed by atoms with E-state index in [0.717, 1.165) is 11.1 Å². The van der Waals surface area contributed by atoms with Gasteiger partial charge >= 0.3 is 0 Å². The summed E-state index contributed by atoms with van der Waals surface area (Å²) in [4.78, 5) is 11.9. The van der Waals surface area contributed by atoms with E-state index in [4.69, 9.17) is 5.73 Å². The normalized spacial score (nSPS) is 12.3. The lowest BCUT2D eigenvalue weighted by atomic mass is 9.94. The molecule has 0 spiro atoms. The highest BCUT2D eigenvalue weighted by atomic mass is 16.2. The number of nitrogens with one attached hydrogen (secondary N) is 1. The molecule has 1 atom stereocenters. The molecule has 0 saturated carbocycles. The molecule has 0 radical (unpaired) electrons. The first-order valence-electron chi connectivity index (χ1n) is 6.44. The van der Waals surface area contributed by atoms with Crippen molar-refractivity contribution in [2.75, 3.05) is 6.54 Å². The summed E-state index contributed by atoms with van der Waals surface area (Å²) in [6, 6.07) is 7.81. The van der Waals surface area contributed by atoms with Crippen LogP contribution in [-0.4, -0.2) is 12.5 Å². The first kappa shape index (κ1) is 15.3. The van der Waals surface area contributed by atoms with Crippen molar-refractivity contribution in [2.24, 2.45) is 11.1 Å². The van der Waals surface area contributed by atoms with Gasteiger partial charge in [-0.1, -0.05) is 44.7 Å². The Morgan fingerprint density at radius 1 is 1.42 bits per heavy atom. The topological polar surface area (TPSA) is 55.1 Å². The Morgan fingerprint density at radius 3 is 2.68 bits per heavy atom. The van der Waals surface area contributed by atoms with E-state index in [1.165, 1.54) is 0 Å². The van der Waals surface area contributed by atoms with Crippen LogP contribution in [0.3, 0.4) is 0 Å². The maximum Gasteiger partial charge on any atom is 0.225 e. The van der Waals surface area contributed by atoms with Gasteiger partial charge in [0.25, 0.3) is 0 Å². The number of hydrogen-bond acceptors (Lipinski definition) is 2. The van der Waals surface area contributed by atoms with E-state index in [2.05, 4.69) is 17.2 Å². The van der Waals surface area contributed by atoms with Crippen LogP contribution in [0.5, 0.6) is 0 Å². The van der Waals surface area contributed by atoms with E-state index in [0.29, 0.717) is 6.54 Å². The zero-order valence-electron chi connectivity index (χ0n) is 12.1. The van der Waals surface area contributed by atoms with Gasteiger partial charge in [-0.2, -0.15) is 0 Å². The predicted molar refractivity (Wildman–Crippen MR) is 78.4 cm³/mol. The molecule has 1 unspecified atom stereocenters. The lowest BCUT2D eigenvalue weighted by Crippen LogP contribution is -2.36. The third kappa shape index (κ3) is 4.76. The fraction of sp³-hybridized carbons (Fsp3) is 0.438. The van der Waals surface area contributed by atoms with E-state index in [1.807, 2.05) is 52.0 Å². The van der Waals surface area contributed by atoms with Crippen molar-refractivity contribution >= 4 is 5.91 Å². The van der Waals surface area contributed by atoms with E-state index < -0.39 is 0 Å². The van der Waals surface area contributed by atoms with E-state index in [1.54, 1.807) is 0 Å². The number of hydrogen-bond donors (Lipinski definition) is 2. The van der Waals surface area contributed by atoms with E-state index in [9.17, 15) is 4.79 Å². The Balaban J connectivity index is 2.83. The molecule has 0 aliphatic heterocycles. The van der Waals surface area contributed by atoms with Crippen LogP contribution in [0.4, 0.5) is 0 Å². The van der Waals surface area contributed by atoms with Crippen LogP contribution in [0.15, 0.2) is 24.3 Å². The van der Waals surface area contributed by atoms with Crippen LogP contribution in [0.1, 0.15) is 44.9 Å². The average Bonchev–Trinajstić information content (AvgIpc) is 2.35. The predicted octanol–water partition coefficient (Wildman–Crippen LogP) is 2.22. The van der Waals surface area contributed by atoms with Crippen LogP contribution in [0.2, 0.25) is 0 Å². The molecule has 1 aromatic carbocycles. The van der Waals surface area contributed by atoms with Gasteiger partial charge in [-0.25, -0.2) is 0 Å². The highest BCUT2D eigenvalue weighted by molar-refractivity contribution is 5.81. The molecule has 3 N–H and O–H groups in total. The number of carbonyl (C=O) groups excluding carboxylic acids is 1. The lowest BCUT2D eigenvalue weighted by molar-refractivity contribution is -0.129. The minimum atomic E-state index is -0.384. The Bertz CT molecular complexity index is 503. The van der Waals surface area contributed by atoms with Crippen LogP contribution in [0.25, 0.3) is 0 Å².